The molecule has 1 unspecified atom stereocenters. The maximum Gasteiger partial charge on any atom is 0.353 e. The molecule has 1 aromatic heterocycles. The predicted octanol–water partition coefficient (Wildman–Crippen LogP) is 0.242. The number of oxime groups is 1. The number of thioether (sulfide) groups is 2. The molecular formula is C18H22N6O7S3. The number of rotatable bonds is 8. The van der Waals surface area contributed by atoms with Gasteiger partial charge in [-0.1, -0.05) is 5.16 Å². The zero-order valence-corrected chi connectivity index (χ0v) is 21.0. The second kappa shape index (κ2) is 10.2. The summed E-state index contributed by atoms with van der Waals surface area (Å²) in [6, 6.07) is -0.998. The van der Waals surface area contributed by atoms with E-state index >= 15 is 0 Å². The standard InChI is InChI=1S/C18H22N6O7S3/c1-18(2,3)31-8(25)5-30-22-9(12-21-17(19)34-23-12)13(26)20-10-14(27)24-11(16(28)29)7(32-4)6-33-15(10)24/h10,15H,5-6H2,1-4H3,(H,20,26)(H,28,29)(H2,19,21,23)/b22-9+/t10?,15-/m1/s1. The lowest BCUT2D eigenvalue weighted by Gasteiger charge is -2.49. The van der Waals surface area contributed by atoms with Gasteiger partial charge in [-0.25, -0.2) is 9.59 Å². The van der Waals surface area contributed by atoms with E-state index in [2.05, 4.69) is 19.8 Å². The van der Waals surface area contributed by atoms with Crippen LogP contribution in [0.4, 0.5) is 5.13 Å². The zero-order chi connectivity index (χ0) is 25.2. The van der Waals surface area contributed by atoms with Crippen LogP contribution in [0.3, 0.4) is 0 Å². The quantitative estimate of drug-likeness (QED) is 0.180. The molecule has 3 rings (SSSR count). The average Bonchev–Trinajstić information content (AvgIpc) is 3.18. The number of aliphatic carboxylic acids is 1. The highest BCUT2D eigenvalue weighted by atomic mass is 32.2. The Labute approximate surface area is 206 Å². The van der Waals surface area contributed by atoms with Crippen LogP contribution in [0, 0.1) is 0 Å². The number of nitrogens with one attached hydrogen (secondary N) is 1. The van der Waals surface area contributed by atoms with Gasteiger partial charge in [0.05, 0.1) is 0 Å². The molecule has 16 heteroatoms. The predicted molar refractivity (Wildman–Crippen MR) is 126 cm³/mol. The van der Waals surface area contributed by atoms with Crippen molar-refractivity contribution in [1.29, 1.82) is 0 Å². The lowest BCUT2D eigenvalue weighted by molar-refractivity contribution is -0.160. The number of hydrogen-bond acceptors (Lipinski definition) is 13. The van der Waals surface area contributed by atoms with E-state index < -0.39 is 53.1 Å². The van der Waals surface area contributed by atoms with E-state index in [4.69, 9.17) is 15.3 Å². The number of amides is 2. The molecule has 0 radical (unpaired) electrons. The highest BCUT2D eigenvalue weighted by Crippen LogP contribution is 2.42. The number of nitrogens with zero attached hydrogens (tertiary/aromatic N) is 4. The molecule has 0 spiro atoms. The van der Waals surface area contributed by atoms with E-state index in [0.29, 0.717) is 10.7 Å². The molecule has 2 aliphatic heterocycles. The molecule has 2 atom stereocenters. The van der Waals surface area contributed by atoms with Gasteiger partial charge in [0.25, 0.3) is 11.8 Å². The Morgan fingerprint density at radius 3 is 2.65 bits per heavy atom. The van der Waals surface area contributed by atoms with Gasteiger partial charge in [0, 0.05) is 22.2 Å². The number of anilines is 1. The van der Waals surface area contributed by atoms with Gasteiger partial charge in [-0.05, 0) is 27.0 Å². The highest BCUT2D eigenvalue weighted by Gasteiger charge is 2.54. The van der Waals surface area contributed by atoms with Gasteiger partial charge < -0.3 is 25.7 Å². The van der Waals surface area contributed by atoms with Gasteiger partial charge >= 0.3 is 11.9 Å². The van der Waals surface area contributed by atoms with Crippen LogP contribution in [-0.4, -0.2) is 84.5 Å². The van der Waals surface area contributed by atoms with E-state index in [-0.39, 0.29) is 16.7 Å². The van der Waals surface area contributed by atoms with Crippen LogP contribution >= 0.6 is 35.1 Å². The minimum atomic E-state index is -1.22. The zero-order valence-electron chi connectivity index (χ0n) is 18.6. The number of nitrogen functional groups attached to an aromatic ring is 1. The van der Waals surface area contributed by atoms with Crippen LogP contribution in [0.25, 0.3) is 0 Å². The number of aromatic nitrogens is 2. The Kier molecular flexibility index (Phi) is 7.72. The number of carboxylic acids is 1. The summed E-state index contributed by atoms with van der Waals surface area (Å²) in [7, 11) is 0. The molecule has 3 heterocycles. The van der Waals surface area contributed by atoms with Crippen molar-refractivity contribution in [1.82, 2.24) is 19.6 Å². The Morgan fingerprint density at radius 1 is 1.38 bits per heavy atom. The second-order valence-electron chi connectivity index (χ2n) is 7.90. The molecule has 13 nitrogen and oxygen atoms in total. The molecule has 1 saturated heterocycles. The Morgan fingerprint density at radius 2 is 2.09 bits per heavy atom. The Bertz CT molecular complexity index is 1080. The fraction of sp³-hybridized carbons (Fsp3) is 0.500. The Hall–Kier alpha value is -2.85. The van der Waals surface area contributed by atoms with Crippen molar-refractivity contribution in [3.8, 4) is 0 Å². The van der Waals surface area contributed by atoms with E-state index in [1.54, 1.807) is 27.0 Å². The van der Waals surface area contributed by atoms with E-state index in [9.17, 15) is 24.3 Å². The average molecular weight is 531 g/mol. The lowest BCUT2D eigenvalue weighted by Crippen LogP contribution is -2.71. The molecule has 0 aromatic carbocycles. The summed E-state index contributed by atoms with van der Waals surface area (Å²) in [5.41, 5.74) is 4.38. The van der Waals surface area contributed by atoms with Crippen LogP contribution in [0.5, 0.6) is 0 Å². The highest BCUT2D eigenvalue weighted by molar-refractivity contribution is 8.05. The summed E-state index contributed by atoms with van der Waals surface area (Å²) in [5.74, 6) is -3.12. The van der Waals surface area contributed by atoms with Crippen molar-refractivity contribution >= 4 is 69.7 Å². The summed E-state index contributed by atoms with van der Waals surface area (Å²) in [4.78, 5) is 59.8. The molecule has 184 valence electrons. The van der Waals surface area contributed by atoms with Crippen molar-refractivity contribution in [2.75, 3.05) is 24.3 Å². The monoisotopic (exact) mass is 530 g/mol. The first-order chi connectivity index (χ1) is 15.9. The fourth-order valence-electron chi connectivity index (χ4n) is 2.99. The fourth-order valence-corrected chi connectivity index (χ4v) is 5.68. The third-order valence-corrected chi connectivity index (χ3v) is 7.13. The molecular weight excluding hydrogens is 508 g/mol. The Balaban J connectivity index is 1.74. The van der Waals surface area contributed by atoms with Crippen LogP contribution in [-0.2, 0) is 28.8 Å². The summed E-state index contributed by atoms with van der Waals surface area (Å²) in [5, 5.41) is 15.2. The van der Waals surface area contributed by atoms with Gasteiger partial charge in [0.1, 0.15) is 22.7 Å². The normalized spacial score (nSPS) is 20.4. The number of carbonyl (C=O) groups excluding carboxylic acids is 3. The molecule has 0 bridgehead atoms. The minimum absolute atomic E-state index is 0.0669. The summed E-state index contributed by atoms with van der Waals surface area (Å²) in [6.45, 7) is 4.48. The molecule has 4 N–H and O–H groups in total. The van der Waals surface area contributed by atoms with Crippen LogP contribution < -0.4 is 11.1 Å². The van der Waals surface area contributed by atoms with Crippen molar-refractivity contribution in [2.45, 2.75) is 37.8 Å². The lowest BCUT2D eigenvalue weighted by atomic mass is 10.0. The maximum atomic E-state index is 12.9. The van der Waals surface area contributed by atoms with Crippen molar-refractivity contribution in [3.05, 3.63) is 16.4 Å². The van der Waals surface area contributed by atoms with Gasteiger partial charge in [-0.3, -0.25) is 14.5 Å². The largest absolute Gasteiger partial charge is 0.477 e. The number of esters is 1. The first-order valence-corrected chi connectivity index (χ1v) is 12.7. The molecule has 2 amide bonds. The van der Waals surface area contributed by atoms with Crippen LogP contribution in [0.15, 0.2) is 15.8 Å². The second-order valence-corrected chi connectivity index (χ2v) is 10.7. The first kappa shape index (κ1) is 25.8. The number of carboxylic acid groups (broad SMARTS) is 1. The number of hydrogen-bond donors (Lipinski definition) is 3. The maximum absolute atomic E-state index is 12.9. The number of nitrogens with two attached hydrogens (primary N) is 1. The SMILES string of the molecule is CSC1=C(C(=O)O)N2C(=O)C(NC(=O)/C(=N/OCC(=O)OC(C)(C)C)c3nsc(N)n3)[C@H]2SC1. The topological polar surface area (TPSA) is 186 Å². The van der Waals surface area contributed by atoms with Crippen molar-refractivity contribution in [2.24, 2.45) is 5.16 Å². The minimum Gasteiger partial charge on any atom is -0.477 e. The third-order valence-electron chi connectivity index (χ3n) is 4.30. The van der Waals surface area contributed by atoms with Gasteiger partial charge in [-0.2, -0.15) is 9.36 Å². The molecule has 2 aliphatic rings. The van der Waals surface area contributed by atoms with Gasteiger partial charge in [0.2, 0.25) is 18.1 Å². The molecule has 34 heavy (non-hydrogen) atoms. The van der Waals surface area contributed by atoms with E-state index in [0.717, 1.165) is 16.4 Å². The number of β-lactam (4-membered cyclic amide) rings is 1. The molecule has 0 saturated carbocycles. The van der Waals surface area contributed by atoms with Gasteiger partial charge in [0.15, 0.2) is 5.13 Å². The number of fused-ring (bicyclic) bond motifs is 1. The number of carbonyl (C=O) groups is 4. The van der Waals surface area contributed by atoms with Crippen LogP contribution in [0.2, 0.25) is 0 Å². The molecule has 1 aromatic rings. The smallest absolute Gasteiger partial charge is 0.353 e. The first-order valence-electron chi connectivity index (χ1n) is 9.70. The number of ether oxygens (including phenoxy) is 1. The third kappa shape index (κ3) is 5.61. The van der Waals surface area contributed by atoms with Gasteiger partial charge in [-0.15, -0.1) is 23.5 Å². The van der Waals surface area contributed by atoms with Crippen LogP contribution in [0.1, 0.15) is 26.6 Å². The summed E-state index contributed by atoms with van der Waals surface area (Å²) >= 11 is 3.40. The van der Waals surface area contributed by atoms with E-state index in [1.807, 2.05) is 0 Å². The van der Waals surface area contributed by atoms with Crippen molar-refractivity contribution in [3.63, 3.8) is 0 Å². The van der Waals surface area contributed by atoms with Crippen molar-refractivity contribution < 1.29 is 33.9 Å². The summed E-state index contributed by atoms with van der Waals surface area (Å²) < 4.78 is 9.04. The summed E-state index contributed by atoms with van der Waals surface area (Å²) in [6.07, 6.45) is 1.73. The van der Waals surface area contributed by atoms with E-state index in [1.165, 1.54) is 23.5 Å². The molecule has 1 fully saturated rings. The molecule has 0 aliphatic carbocycles.